The van der Waals surface area contributed by atoms with Gasteiger partial charge in [0.05, 0.1) is 12.7 Å². The summed E-state index contributed by atoms with van der Waals surface area (Å²) in [6, 6.07) is 4.90. The third kappa shape index (κ3) is 2.68. The van der Waals surface area contributed by atoms with Crippen molar-refractivity contribution in [3.63, 3.8) is 0 Å². The second kappa shape index (κ2) is 5.03. The predicted octanol–water partition coefficient (Wildman–Crippen LogP) is 3.67. The molecule has 6 heteroatoms. The second-order valence-corrected chi connectivity index (χ2v) is 4.34. The van der Waals surface area contributed by atoms with Crippen LogP contribution >= 0.6 is 0 Å². The summed E-state index contributed by atoms with van der Waals surface area (Å²) in [5.74, 6) is 0.400. The monoisotopic (exact) mass is 282 g/mol. The van der Waals surface area contributed by atoms with Gasteiger partial charge in [0, 0.05) is 29.1 Å². The highest BCUT2D eigenvalue weighted by atomic mass is 19.4. The van der Waals surface area contributed by atoms with Crippen molar-refractivity contribution >= 4 is 5.69 Å². The summed E-state index contributed by atoms with van der Waals surface area (Å²) in [4.78, 5) is 4.01. The number of ether oxygens (including phenoxy) is 1. The van der Waals surface area contributed by atoms with Gasteiger partial charge < -0.3 is 10.5 Å². The van der Waals surface area contributed by atoms with Gasteiger partial charge in [-0.3, -0.25) is 0 Å². The lowest BCUT2D eigenvalue weighted by Crippen LogP contribution is -2.06. The Bertz CT molecular complexity index is 639. The van der Waals surface area contributed by atoms with E-state index in [0.717, 1.165) is 17.7 Å². The number of nitrogens with zero attached hydrogens (tertiary/aromatic N) is 1. The number of methoxy groups -OCH3 is 1. The fourth-order valence-corrected chi connectivity index (χ4v) is 1.89. The Morgan fingerprint density at radius 2 is 1.85 bits per heavy atom. The molecule has 0 aliphatic carbocycles. The average Bonchev–Trinajstić information content (AvgIpc) is 2.38. The van der Waals surface area contributed by atoms with Crippen LogP contribution in [0.3, 0.4) is 0 Å². The first-order valence-electron chi connectivity index (χ1n) is 5.80. The summed E-state index contributed by atoms with van der Waals surface area (Å²) in [7, 11) is 1.47. The van der Waals surface area contributed by atoms with Crippen LogP contribution in [0, 0.1) is 6.92 Å². The van der Waals surface area contributed by atoms with Crippen LogP contribution in [0.15, 0.2) is 30.5 Å². The van der Waals surface area contributed by atoms with Gasteiger partial charge in [-0.25, -0.2) is 4.98 Å². The number of alkyl halides is 3. The molecule has 0 bridgehead atoms. The molecule has 0 aliphatic rings. The number of hydrogen-bond acceptors (Lipinski definition) is 3. The lowest BCUT2D eigenvalue weighted by molar-refractivity contribution is -0.137. The highest BCUT2D eigenvalue weighted by molar-refractivity contribution is 5.78. The van der Waals surface area contributed by atoms with Crippen LogP contribution in [-0.4, -0.2) is 12.1 Å². The molecule has 3 nitrogen and oxygen atoms in total. The highest BCUT2D eigenvalue weighted by Gasteiger charge is 2.31. The van der Waals surface area contributed by atoms with Gasteiger partial charge in [-0.15, -0.1) is 0 Å². The maximum Gasteiger partial charge on any atom is 0.416 e. The van der Waals surface area contributed by atoms with Crippen LogP contribution in [-0.2, 0) is 6.18 Å². The molecule has 0 radical (unpaired) electrons. The van der Waals surface area contributed by atoms with E-state index in [1.165, 1.54) is 19.4 Å². The molecule has 0 fully saturated rings. The van der Waals surface area contributed by atoms with Gasteiger partial charge in [0.1, 0.15) is 0 Å². The molecule has 0 amide bonds. The van der Waals surface area contributed by atoms with Crippen molar-refractivity contribution < 1.29 is 17.9 Å². The quantitative estimate of drug-likeness (QED) is 0.855. The number of nitrogens with two attached hydrogens (primary N) is 1. The molecule has 2 N–H and O–H groups in total. The third-order valence-electron chi connectivity index (χ3n) is 2.97. The standard InChI is InChI=1S/C14H13F3N2O/c1-8-5-13(20-2)19-7-11(8)10-6-9(14(15,16)17)3-4-12(10)18/h3-7H,18H2,1-2H3. The Kier molecular flexibility index (Phi) is 3.57. The minimum Gasteiger partial charge on any atom is -0.481 e. The zero-order chi connectivity index (χ0) is 14.9. The molecule has 2 aromatic rings. The van der Waals surface area contributed by atoms with Crippen LogP contribution in [0.2, 0.25) is 0 Å². The molecule has 0 atom stereocenters. The van der Waals surface area contributed by atoms with Crippen molar-refractivity contribution in [1.82, 2.24) is 4.98 Å². The summed E-state index contributed by atoms with van der Waals surface area (Å²) in [6.07, 6.45) is -2.95. The van der Waals surface area contributed by atoms with E-state index in [2.05, 4.69) is 4.98 Å². The summed E-state index contributed by atoms with van der Waals surface area (Å²) in [5.41, 5.74) is 6.91. The Morgan fingerprint density at radius 1 is 1.15 bits per heavy atom. The first-order valence-corrected chi connectivity index (χ1v) is 5.80. The maximum atomic E-state index is 12.8. The number of benzene rings is 1. The Labute approximate surface area is 114 Å². The zero-order valence-corrected chi connectivity index (χ0v) is 11.0. The van der Waals surface area contributed by atoms with E-state index >= 15 is 0 Å². The van der Waals surface area contributed by atoms with Crippen LogP contribution in [0.1, 0.15) is 11.1 Å². The van der Waals surface area contributed by atoms with Gasteiger partial charge in [0.25, 0.3) is 0 Å². The molecule has 1 heterocycles. The van der Waals surface area contributed by atoms with E-state index in [1.807, 2.05) is 0 Å². The lowest BCUT2D eigenvalue weighted by Gasteiger charge is -2.13. The van der Waals surface area contributed by atoms with Gasteiger partial charge in [-0.1, -0.05) is 0 Å². The minimum atomic E-state index is -4.41. The molecule has 0 spiro atoms. The topological polar surface area (TPSA) is 48.1 Å². The predicted molar refractivity (Wildman–Crippen MR) is 70.4 cm³/mol. The molecule has 0 unspecified atom stereocenters. The zero-order valence-electron chi connectivity index (χ0n) is 11.0. The van der Waals surface area contributed by atoms with E-state index in [4.69, 9.17) is 10.5 Å². The molecule has 20 heavy (non-hydrogen) atoms. The molecule has 0 saturated carbocycles. The van der Waals surface area contributed by atoms with Crippen molar-refractivity contribution in [2.45, 2.75) is 13.1 Å². The summed E-state index contributed by atoms with van der Waals surface area (Å²) < 4.78 is 43.2. The number of rotatable bonds is 2. The van der Waals surface area contributed by atoms with Gasteiger partial charge >= 0.3 is 6.18 Å². The van der Waals surface area contributed by atoms with E-state index in [-0.39, 0.29) is 5.69 Å². The van der Waals surface area contributed by atoms with Crippen LogP contribution in [0.5, 0.6) is 5.88 Å². The van der Waals surface area contributed by atoms with Crippen LogP contribution in [0.25, 0.3) is 11.1 Å². The highest BCUT2D eigenvalue weighted by Crippen LogP contribution is 2.36. The average molecular weight is 282 g/mol. The number of anilines is 1. The molecular weight excluding hydrogens is 269 g/mol. The minimum absolute atomic E-state index is 0.271. The molecule has 1 aromatic heterocycles. The van der Waals surface area contributed by atoms with E-state index in [1.54, 1.807) is 13.0 Å². The summed E-state index contributed by atoms with van der Waals surface area (Å²) >= 11 is 0. The lowest BCUT2D eigenvalue weighted by atomic mass is 9.99. The number of halogens is 3. The van der Waals surface area contributed by atoms with Gasteiger partial charge in [0.2, 0.25) is 5.88 Å². The maximum absolute atomic E-state index is 12.8. The van der Waals surface area contributed by atoms with E-state index in [9.17, 15) is 13.2 Å². The smallest absolute Gasteiger partial charge is 0.416 e. The summed E-state index contributed by atoms with van der Waals surface area (Å²) in [5, 5.41) is 0. The van der Waals surface area contributed by atoms with Crippen molar-refractivity contribution in [3.05, 3.63) is 41.6 Å². The van der Waals surface area contributed by atoms with E-state index in [0.29, 0.717) is 17.0 Å². The fourth-order valence-electron chi connectivity index (χ4n) is 1.89. The number of nitrogen functional groups attached to an aromatic ring is 1. The largest absolute Gasteiger partial charge is 0.481 e. The molecule has 106 valence electrons. The first-order chi connectivity index (χ1) is 9.32. The van der Waals surface area contributed by atoms with Gasteiger partial charge in [0.15, 0.2) is 0 Å². The number of pyridine rings is 1. The normalized spacial score (nSPS) is 11.4. The Morgan fingerprint density at radius 3 is 2.40 bits per heavy atom. The number of aromatic nitrogens is 1. The van der Waals surface area contributed by atoms with Crippen molar-refractivity contribution in [1.29, 1.82) is 0 Å². The third-order valence-corrected chi connectivity index (χ3v) is 2.97. The number of aryl methyl sites for hydroxylation is 1. The van der Waals surface area contributed by atoms with Crippen molar-refractivity contribution in [2.75, 3.05) is 12.8 Å². The van der Waals surface area contributed by atoms with E-state index < -0.39 is 11.7 Å². The first kappa shape index (κ1) is 14.2. The van der Waals surface area contributed by atoms with Crippen molar-refractivity contribution in [2.24, 2.45) is 0 Å². The summed E-state index contributed by atoms with van der Waals surface area (Å²) in [6.45, 7) is 1.76. The Hall–Kier alpha value is -2.24. The van der Waals surface area contributed by atoms with Gasteiger partial charge in [-0.2, -0.15) is 13.2 Å². The molecular formula is C14H13F3N2O. The number of hydrogen-bond donors (Lipinski definition) is 1. The second-order valence-electron chi connectivity index (χ2n) is 4.34. The molecule has 0 saturated heterocycles. The van der Waals surface area contributed by atoms with Crippen LogP contribution in [0.4, 0.5) is 18.9 Å². The fraction of sp³-hybridized carbons (Fsp3) is 0.214. The Balaban J connectivity index is 2.57. The molecule has 2 rings (SSSR count). The molecule has 0 aliphatic heterocycles. The SMILES string of the molecule is COc1cc(C)c(-c2cc(C(F)(F)F)ccc2N)cn1. The van der Waals surface area contributed by atoms with Crippen LogP contribution < -0.4 is 10.5 Å². The van der Waals surface area contributed by atoms with Gasteiger partial charge in [-0.05, 0) is 30.7 Å². The molecule has 1 aromatic carbocycles. The van der Waals surface area contributed by atoms with Crippen molar-refractivity contribution in [3.8, 4) is 17.0 Å².